The number of nitrogens with two attached hydrogens (primary N) is 1. The van der Waals surface area contributed by atoms with Crippen molar-refractivity contribution in [3.63, 3.8) is 0 Å². The third kappa shape index (κ3) is 7.74. The number of amides is 1. The number of aromatic nitrogens is 2. The molecular formula is C30H39N7O3. The molecule has 0 radical (unpaired) electrons. The van der Waals surface area contributed by atoms with E-state index >= 15 is 0 Å². The predicted octanol–water partition coefficient (Wildman–Crippen LogP) is 1.80. The molecule has 3 heterocycles. The number of likely N-dealkylation sites (N-methyl/N-ethyl adjacent to an activating group) is 2. The van der Waals surface area contributed by atoms with Crippen LogP contribution in [0.3, 0.4) is 0 Å². The summed E-state index contributed by atoms with van der Waals surface area (Å²) in [4.78, 5) is 29.9. The molecule has 0 spiro atoms. The Balaban J connectivity index is 1.46. The summed E-state index contributed by atoms with van der Waals surface area (Å²) in [5.41, 5.74) is 8.26. The molecule has 10 heteroatoms. The molecule has 4 rings (SSSR count). The Morgan fingerprint density at radius 3 is 2.55 bits per heavy atom. The standard InChI is InChI=1S/C30H39N7O3/c1-34-12-14-36(15-13-34)10-5-6-29(38)37-11-9-25(21-37)35(2)20-24(28-19-32-22-33-30(28)31)8-7-23-16-26(39-3)18-27(17-23)40-4/h5-6,16-20,22,25H,9-15,21H2,1-4H3,(H2,31,32,33)/b6-5+,24-20-. The van der Waals surface area contributed by atoms with E-state index in [-0.39, 0.29) is 11.9 Å². The molecule has 212 valence electrons. The average Bonchev–Trinajstić information content (AvgIpc) is 3.47. The molecule has 2 fully saturated rings. The van der Waals surface area contributed by atoms with Gasteiger partial charge in [-0.05, 0) is 25.6 Å². The van der Waals surface area contributed by atoms with Crippen LogP contribution in [0.2, 0.25) is 0 Å². The Bertz CT molecular complexity index is 1270. The lowest BCUT2D eigenvalue weighted by Crippen LogP contribution is -2.44. The van der Waals surface area contributed by atoms with Crippen LogP contribution in [0.4, 0.5) is 5.82 Å². The Hall–Kier alpha value is -4.07. The number of anilines is 1. The summed E-state index contributed by atoms with van der Waals surface area (Å²) in [6, 6.07) is 5.64. The zero-order valence-electron chi connectivity index (χ0n) is 23.8. The molecule has 40 heavy (non-hydrogen) atoms. The van der Waals surface area contributed by atoms with E-state index < -0.39 is 0 Å². The first-order valence-electron chi connectivity index (χ1n) is 13.5. The van der Waals surface area contributed by atoms with Crippen molar-refractivity contribution in [2.24, 2.45) is 0 Å². The number of allylic oxidation sites excluding steroid dienone is 1. The minimum absolute atomic E-state index is 0.0571. The second-order valence-corrected chi connectivity index (χ2v) is 10.1. The second kappa shape index (κ2) is 13.8. The fourth-order valence-electron chi connectivity index (χ4n) is 4.76. The number of piperazine rings is 1. The van der Waals surface area contributed by atoms with E-state index in [2.05, 4.69) is 43.6 Å². The Morgan fingerprint density at radius 1 is 1.15 bits per heavy atom. The van der Waals surface area contributed by atoms with Gasteiger partial charge in [0, 0.05) is 89.0 Å². The summed E-state index contributed by atoms with van der Waals surface area (Å²) < 4.78 is 10.8. The molecule has 0 bridgehead atoms. The van der Waals surface area contributed by atoms with Crippen molar-refractivity contribution < 1.29 is 14.3 Å². The van der Waals surface area contributed by atoms with Crippen LogP contribution in [0.1, 0.15) is 17.5 Å². The fourth-order valence-corrected chi connectivity index (χ4v) is 4.76. The van der Waals surface area contributed by atoms with Crippen molar-refractivity contribution in [1.29, 1.82) is 0 Å². The van der Waals surface area contributed by atoms with E-state index in [0.29, 0.717) is 41.5 Å². The lowest BCUT2D eigenvalue weighted by Gasteiger charge is -2.31. The van der Waals surface area contributed by atoms with Crippen molar-refractivity contribution >= 4 is 17.3 Å². The highest BCUT2D eigenvalue weighted by molar-refractivity contribution is 5.88. The number of likely N-dealkylation sites (tertiary alicyclic amines) is 1. The number of methoxy groups -OCH3 is 2. The monoisotopic (exact) mass is 545 g/mol. The summed E-state index contributed by atoms with van der Waals surface area (Å²) >= 11 is 0. The van der Waals surface area contributed by atoms with E-state index in [0.717, 1.165) is 44.7 Å². The van der Waals surface area contributed by atoms with E-state index in [1.165, 1.54) is 6.33 Å². The van der Waals surface area contributed by atoms with Gasteiger partial charge in [-0.15, -0.1) is 0 Å². The molecule has 0 saturated carbocycles. The zero-order chi connectivity index (χ0) is 28.5. The van der Waals surface area contributed by atoms with Gasteiger partial charge in [0.1, 0.15) is 23.6 Å². The summed E-state index contributed by atoms with van der Waals surface area (Å²) in [5, 5.41) is 0. The molecule has 2 aliphatic rings. The van der Waals surface area contributed by atoms with Gasteiger partial charge in [0.2, 0.25) is 5.91 Å². The number of nitrogen functional groups attached to an aromatic ring is 1. The lowest BCUT2D eigenvalue weighted by molar-refractivity contribution is -0.125. The third-order valence-corrected chi connectivity index (χ3v) is 7.33. The van der Waals surface area contributed by atoms with Crippen LogP contribution in [-0.4, -0.2) is 116 Å². The van der Waals surface area contributed by atoms with Gasteiger partial charge in [-0.25, -0.2) is 9.97 Å². The molecule has 0 aliphatic carbocycles. The van der Waals surface area contributed by atoms with E-state index in [1.54, 1.807) is 32.6 Å². The Labute approximate surface area is 237 Å². The van der Waals surface area contributed by atoms with Crippen LogP contribution in [0, 0.1) is 11.8 Å². The first-order valence-corrected chi connectivity index (χ1v) is 13.5. The van der Waals surface area contributed by atoms with E-state index in [9.17, 15) is 4.79 Å². The van der Waals surface area contributed by atoms with Gasteiger partial charge in [0.05, 0.1) is 25.4 Å². The molecule has 10 nitrogen and oxygen atoms in total. The minimum atomic E-state index is 0.0571. The predicted molar refractivity (Wildman–Crippen MR) is 157 cm³/mol. The second-order valence-electron chi connectivity index (χ2n) is 10.1. The maximum atomic E-state index is 12.9. The van der Waals surface area contributed by atoms with Crippen molar-refractivity contribution in [1.82, 2.24) is 29.6 Å². The molecule has 2 aromatic rings. The minimum Gasteiger partial charge on any atom is -0.497 e. The smallest absolute Gasteiger partial charge is 0.246 e. The topological polar surface area (TPSA) is 100 Å². The highest BCUT2D eigenvalue weighted by atomic mass is 16.5. The molecule has 2 aliphatic heterocycles. The molecule has 1 aromatic carbocycles. The number of carbonyl (C=O) groups excluding carboxylic acids is 1. The van der Waals surface area contributed by atoms with Gasteiger partial charge in [0.15, 0.2) is 0 Å². The van der Waals surface area contributed by atoms with Gasteiger partial charge in [0.25, 0.3) is 0 Å². The largest absolute Gasteiger partial charge is 0.497 e. The first kappa shape index (κ1) is 28.9. The van der Waals surface area contributed by atoms with Crippen molar-refractivity contribution in [3.05, 3.63) is 60.2 Å². The van der Waals surface area contributed by atoms with Crippen LogP contribution >= 0.6 is 0 Å². The maximum Gasteiger partial charge on any atom is 0.246 e. The summed E-state index contributed by atoms with van der Waals surface area (Å²) in [7, 11) is 7.35. The van der Waals surface area contributed by atoms with Gasteiger partial charge >= 0.3 is 0 Å². The highest BCUT2D eigenvalue weighted by Gasteiger charge is 2.27. The maximum absolute atomic E-state index is 12.9. The number of benzene rings is 1. The van der Waals surface area contributed by atoms with Gasteiger partial charge in [-0.1, -0.05) is 17.9 Å². The number of hydrogen-bond donors (Lipinski definition) is 1. The average molecular weight is 546 g/mol. The SMILES string of the molecule is COc1cc(C#C/C(=C/N(C)C2CCN(C(=O)/C=C/CN3CCN(C)CC3)C2)c2cncnc2N)cc(OC)c1. The summed E-state index contributed by atoms with van der Waals surface area (Å²) in [5.74, 6) is 8.16. The number of rotatable bonds is 8. The molecule has 2 N–H and O–H groups in total. The first-order chi connectivity index (χ1) is 19.4. The number of nitrogens with zero attached hydrogens (tertiary/aromatic N) is 6. The number of hydrogen-bond acceptors (Lipinski definition) is 9. The van der Waals surface area contributed by atoms with Crippen LogP contribution in [0.25, 0.3) is 5.57 Å². The van der Waals surface area contributed by atoms with Gasteiger partial charge in [-0.2, -0.15) is 0 Å². The Kier molecular flexibility index (Phi) is 10.00. The molecular weight excluding hydrogens is 506 g/mol. The number of ether oxygens (including phenoxy) is 2. The number of carbonyl (C=O) groups is 1. The van der Waals surface area contributed by atoms with Crippen molar-refractivity contribution in [3.8, 4) is 23.3 Å². The van der Waals surface area contributed by atoms with E-state index in [4.69, 9.17) is 15.2 Å². The summed E-state index contributed by atoms with van der Waals surface area (Å²) in [6.07, 6.45) is 9.61. The normalized spacial score (nSPS) is 18.4. The molecule has 1 amide bonds. The molecule has 2 saturated heterocycles. The lowest BCUT2D eigenvalue weighted by atomic mass is 10.1. The highest BCUT2D eigenvalue weighted by Crippen LogP contribution is 2.24. The van der Waals surface area contributed by atoms with Gasteiger partial charge in [-0.3, -0.25) is 9.69 Å². The van der Waals surface area contributed by atoms with Crippen LogP contribution in [0.15, 0.2) is 49.1 Å². The van der Waals surface area contributed by atoms with Crippen LogP contribution in [-0.2, 0) is 4.79 Å². The quantitative estimate of drug-likeness (QED) is 0.393. The molecule has 1 unspecified atom stereocenters. The Morgan fingerprint density at radius 2 is 1.88 bits per heavy atom. The van der Waals surface area contributed by atoms with E-state index in [1.807, 2.05) is 36.4 Å². The zero-order valence-corrected chi connectivity index (χ0v) is 23.8. The van der Waals surface area contributed by atoms with Crippen molar-refractivity contribution in [2.75, 3.05) is 79.9 Å². The van der Waals surface area contributed by atoms with Crippen molar-refractivity contribution in [2.45, 2.75) is 12.5 Å². The third-order valence-electron chi connectivity index (χ3n) is 7.33. The molecule has 1 atom stereocenters. The van der Waals surface area contributed by atoms with Crippen LogP contribution < -0.4 is 15.2 Å². The fraction of sp³-hybridized carbons (Fsp3) is 0.433. The molecule has 1 aromatic heterocycles. The summed E-state index contributed by atoms with van der Waals surface area (Å²) in [6.45, 7) is 6.35. The van der Waals surface area contributed by atoms with Crippen LogP contribution in [0.5, 0.6) is 11.5 Å². The van der Waals surface area contributed by atoms with Gasteiger partial charge < -0.3 is 29.9 Å².